The summed E-state index contributed by atoms with van der Waals surface area (Å²) in [5.41, 5.74) is -1.45. The second-order valence-corrected chi connectivity index (χ2v) is 6.91. The van der Waals surface area contributed by atoms with Gasteiger partial charge in [-0.1, -0.05) is 15.9 Å². The van der Waals surface area contributed by atoms with Gasteiger partial charge >= 0.3 is 6.18 Å². The molecule has 0 saturated heterocycles. The molecule has 3 nitrogen and oxygen atoms in total. The van der Waals surface area contributed by atoms with Gasteiger partial charge in [-0.25, -0.2) is 17.2 Å². The van der Waals surface area contributed by atoms with Crippen molar-refractivity contribution in [3.8, 4) is 0 Å². The Morgan fingerprint density at radius 3 is 2.17 bits per heavy atom. The third-order valence-corrected chi connectivity index (χ3v) is 4.80. The molecule has 0 spiro atoms. The van der Waals surface area contributed by atoms with Crippen LogP contribution >= 0.6 is 15.9 Å². The quantitative estimate of drug-likeness (QED) is 0.747. The van der Waals surface area contributed by atoms with Crippen LogP contribution in [-0.4, -0.2) is 8.42 Å². The van der Waals surface area contributed by atoms with E-state index >= 15 is 0 Å². The summed E-state index contributed by atoms with van der Waals surface area (Å²) in [6.45, 7) is 0. The van der Waals surface area contributed by atoms with Gasteiger partial charge in [0, 0.05) is 10.2 Å². The minimum absolute atomic E-state index is 0.263. The monoisotopic (exact) mass is 415 g/mol. The van der Waals surface area contributed by atoms with E-state index in [0.29, 0.717) is 18.2 Å². The molecule has 0 aliphatic rings. The maximum Gasteiger partial charge on any atom is 0.417 e. The maximum absolute atomic E-state index is 13.1. The molecule has 0 fully saturated rings. The molecule has 0 heterocycles. The number of halogens is 6. The van der Waals surface area contributed by atoms with E-state index in [9.17, 15) is 30.4 Å². The summed E-state index contributed by atoms with van der Waals surface area (Å²) >= 11 is 2.72. The number of nitrogens with one attached hydrogen (secondary N) is 1. The first-order valence-electron chi connectivity index (χ1n) is 5.85. The van der Waals surface area contributed by atoms with Gasteiger partial charge in [-0.05, 0) is 36.4 Å². The highest BCUT2D eigenvalue weighted by Gasteiger charge is 2.33. The molecule has 124 valence electrons. The Morgan fingerprint density at radius 2 is 1.61 bits per heavy atom. The van der Waals surface area contributed by atoms with E-state index < -0.39 is 38.3 Å². The van der Waals surface area contributed by atoms with Gasteiger partial charge in [-0.2, -0.15) is 13.2 Å². The Balaban J connectivity index is 2.39. The summed E-state index contributed by atoms with van der Waals surface area (Å²) in [6.07, 6.45) is -4.69. The summed E-state index contributed by atoms with van der Waals surface area (Å²) in [7, 11) is -4.37. The van der Waals surface area contributed by atoms with Crippen molar-refractivity contribution in [2.24, 2.45) is 0 Å². The Kier molecular flexibility index (Phi) is 4.67. The van der Waals surface area contributed by atoms with Gasteiger partial charge in [-0.15, -0.1) is 0 Å². The number of rotatable bonds is 3. The molecule has 0 amide bonds. The van der Waals surface area contributed by atoms with Crippen LogP contribution in [0.25, 0.3) is 0 Å². The van der Waals surface area contributed by atoms with Crippen molar-refractivity contribution >= 4 is 31.6 Å². The number of hydrogen-bond acceptors (Lipinski definition) is 2. The van der Waals surface area contributed by atoms with Crippen LogP contribution in [0.1, 0.15) is 5.56 Å². The molecule has 0 saturated carbocycles. The molecule has 2 rings (SSSR count). The molecule has 1 N–H and O–H groups in total. The van der Waals surface area contributed by atoms with Gasteiger partial charge in [0.15, 0.2) is 11.6 Å². The van der Waals surface area contributed by atoms with E-state index in [1.165, 1.54) is 0 Å². The predicted molar refractivity (Wildman–Crippen MR) is 76.3 cm³/mol. The SMILES string of the molecule is O=S(=O)(Nc1ccc(Br)c(C(F)(F)F)c1)c1ccc(F)c(F)c1. The zero-order chi connectivity index (χ0) is 17.4. The third kappa shape index (κ3) is 3.99. The van der Waals surface area contributed by atoms with E-state index in [4.69, 9.17) is 0 Å². The minimum atomic E-state index is -4.69. The first-order valence-corrected chi connectivity index (χ1v) is 8.13. The molecule has 2 aromatic rings. The summed E-state index contributed by atoms with van der Waals surface area (Å²) in [4.78, 5) is -0.618. The van der Waals surface area contributed by atoms with Gasteiger partial charge in [0.1, 0.15) is 0 Å². The van der Waals surface area contributed by atoms with Crippen molar-refractivity contribution in [3.05, 3.63) is 58.1 Å². The van der Waals surface area contributed by atoms with E-state index in [1.807, 2.05) is 4.72 Å². The van der Waals surface area contributed by atoms with Crippen molar-refractivity contribution in [3.63, 3.8) is 0 Å². The molecule has 0 bridgehead atoms. The second kappa shape index (κ2) is 6.08. The van der Waals surface area contributed by atoms with Gasteiger partial charge in [0.2, 0.25) is 0 Å². The van der Waals surface area contributed by atoms with Crippen LogP contribution in [0.4, 0.5) is 27.6 Å². The molecular formula is C13H7BrF5NO2S. The Hall–Kier alpha value is -1.68. The van der Waals surface area contributed by atoms with Crippen LogP contribution in [0, 0.1) is 11.6 Å². The lowest BCUT2D eigenvalue weighted by molar-refractivity contribution is -0.138. The Labute approximate surface area is 136 Å². The molecule has 0 aromatic heterocycles. The number of benzene rings is 2. The summed E-state index contributed by atoms with van der Waals surface area (Å²) < 4.78 is 89.9. The van der Waals surface area contributed by atoms with Gasteiger partial charge in [-0.3, -0.25) is 4.72 Å². The highest BCUT2D eigenvalue weighted by molar-refractivity contribution is 9.10. The summed E-state index contributed by atoms with van der Waals surface area (Å²) in [5, 5.41) is 0. The Bertz CT molecular complexity index is 852. The first-order chi connectivity index (χ1) is 10.5. The lowest BCUT2D eigenvalue weighted by Crippen LogP contribution is -2.14. The van der Waals surface area contributed by atoms with Gasteiger partial charge in [0.05, 0.1) is 10.5 Å². The van der Waals surface area contributed by atoms with Crippen LogP contribution in [0.15, 0.2) is 45.8 Å². The van der Waals surface area contributed by atoms with E-state index in [0.717, 1.165) is 18.2 Å². The number of alkyl halides is 3. The van der Waals surface area contributed by atoms with Gasteiger partial charge < -0.3 is 0 Å². The van der Waals surface area contributed by atoms with Crippen molar-refractivity contribution in [1.82, 2.24) is 0 Å². The van der Waals surface area contributed by atoms with E-state index in [2.05, 4.69) is 15.9 Å². The van der Waals surface area contributed by atoms with Gasteiger partial charge in [0.25, 0.3) is 10.0 Å². The molecular weight excluding hydrogens is 409 g/mol. The number of hydrogen-bond donors (Lipinski definition) is 1. The van der Waals surface area contributed by atoms with Crippen molar-refractivity contribution in [2.75, 3.05) is 4.72 Å². The molecule has 0 radical (unpaired) electrons. The standard InChI is InChI=1S/C13H7BrF5NO2S/c14-10-3-1-7(5-9(10)13(17,18)19)20-23(21,22)8-2-4-11(15)12(16)6-8/h1-6,20H. The van der Waals surface area contributed by atoms with E-state index in [1.54, 1.807) is 0 Å². The summed E-state index contributed by atoms with van der Waals surface area (Å²) in [5.74, 6) is -2.63. The van der Waals surface area contributed by atoms with Crippen LogP contribution in [0.2, 0.25) is 0 Å². The molecule has 0 atom stereocenters. The van der Waals surface area contributed by atoms with Crippen molar-refractivity contribution in [1.29, 1.82) is 0 Å². The van der Waals surface area contributed by atoms with E-state index in [-0.39, 0.29) is 10.2 Å². The molecule has 0 aliphatic heterocycles. The zero-order valence-electron chi connectivity index (χ0n) is 11.0. The average Bonchev–Trinajstić information content (AvgIpc) is 2.42. The highest BCUT2D eigenvalue weighted by atomic mass is 79.9. The predicted octanol–water partition coefficient (Wildman–Crippen LogP) is 4.55. The molecule has 2 aromatic carbocycles. The second-order valence-electron chi connectivity index (χ2n) is 4.37. The molecule has 23 heavy (non-hydrogen) atoms. The van der Waals surface area contributed by atoms with Crippen LogP contribution < -0.4 is 4.72 Å². The fourth-order valence-electron chi connectivity index (χ4n) is 1.66. The normalized spacial score (nSPS) is 12.3. The topological polar surface area (TPSA) is 46.2 Å². The maximum atomic E-state index is 13.1. The van der Waals surface area contributed by atoms with Crippen LogP contribution in [-0.2, 0) is 16.2 Å². The van der Waals surface area contributed by atoms with Crippen LogP contribution in [0.3, 0.4) is 0 Å². The fourth-order valence-corrected chi connectivity index (χ4v) is 3.20. The highest BCUT2D eigenvalue weighted by Crippen LogP contribution is 2.36. The van der Waals surface area contributed by atoms with Crippen molar-refractivity contribution < 1.29 is 30.4 Å². The smallest absolute Gasteiger partial charge is 0.280 e. The molecule has 0 aliphatic carbocycles. The number of sulfonamides is 1. The summed E-state index contributed by atoms with van der Waals surface area (Å²) in [6, 6.07) is 4.53. The lowest BCUT2D eigenvalue weighted by Gasteiger charge is -2.13. The zero-order valence-corrected chi connectivity index (χ0v) is 13.4. The fraction of sp³-hybridized carbons (Fsp3) is 0.0769. The third-order valence-electron chi connectivity index (χ3n) is 2.73. The Morgan fingerprint density at radius 1 is 0.957 bits per heavy atom. The molecule has 0 unspecified atom stereocenters. The lowest BCUT2D eigenvalue weighted by atomic mass is 10.2. The number of anilines is 1. The van der Waals surface area contributed by atoms with Crippen LogP contribution in [0.5, 0.6) is 0 Å². The average molecular weight is 416 g/mol. The van der Waals surface area contributed by atoms with Crippen molar-refractivity contribution in [2.45, 2.75) is 11.1 Å². The largest absolute Gasteiger partial charge is 0.417 e. The first kappa shape index (κ1) is 17.7. The minimum Gasteiger partial charge on any atom is -0.280 e. The molecule has 10 heteroatoms.